The first kappa shape index (κ1) is 15.2. The third-order valence-corrected chi connectivity index (χ3v) is 4.15. The molecule has 6 heteroatoms. The summed E-state index contributed by atoms with van der Waals surface area (Å²) in [6.45, 7) is 2.83. The van der Waals surface area contributed by atoms with Crippen molar-refractivity contribution < 1.29 is 9.53 Å². The van der Waals surface area contributed by atoms with Gasteiger partial charge in [0.05, 0.1) is 25.3 Å². The Labute approximate surface area is 120 Å². The fourth-order valence-corrected chi connectivity index (χ4v) is 3.00. The minimum absolute atomic E-state index is 0.0103. The van der Waals surface area contributed by atoms with Crippen molar-refractivity contribution in [3.63, 3.8) is 0 Å². The van der Waals surface area contributed by atoms with Crippen LogP contribution < -0.4 is 11.1 Å². The van der Waals surface area contributed by atoms with Crippen LogP contribution in [0.15, 0.2) is 0 Å². The molecule has 1 saturated carbocycles. The van der Waals surface area contributed by atoms with Gasteiger partial charge < -0.3 is 15.8 Å². The Bertz CT molecular complexity index is 374. The summed E-state index contributed by atoms with van der Waals surface area (Å²) in [6.07, 6.45) is 4.73. The lowest BCUT2D eigenvalue weighted by Gasteiger charge is -2.34. The molecule has 1 aliphatic heterocycles. The molecule has 3 N–H and O–H groups in total. The van der Waals surface area contributed by atoms with E-state index in [1.165, 1.54) is 0 Å². The van der Waals surface area contributed by atoms with Crippen molar-refractivity contribution in [3.8, 4) is 6.07 Å². The van der Waals surface area contributed by atoms with Gasteiger partial charge in [-0.3, -0.25) is 9.69 Å². The molecule has 0 spiro atoms. The number of ether oxygens (including phenoxy) is 1. The van der Waals surface area contributed by atoms with E-state index < -0.39 is 5.54 Å². The number of hydrogen-bond acceptors (Lipinski definition) is 5. The van der Waals surface area contributed by atoms with Gasteiger partial charge in [0.25, 0.3) is 0 Å². The first-order valence-corrected chi connectivity index (χ1v) is 7.44. The number of morpholine rings is 1. The molecule has 2 fully saturated rings. The second-order valence-electron chi connectivity index (χ2n) is 5.77. The predicted molar refractivity (Wildman–Crippen MR) is 74.8 cm³/mol. The van der Waals surface area contributed by atoms with Gasteiger partial charge in [-0.1, -0.05) is 19.3 Å². The van der Waals surface area contributed by atoms with Crippen LogP contribution in [-0.4, -0.2) is 55.2 Å². The molecule has 2 aliphatic rings. The van der Waals surface area contributed by atoms with Crippen LogP contribution >= 0.6 is 0 Å². The zero-order valence-corrected chi connectivity index (χ0v) is 11.9. The maximum Gasteiger partial charge on any atom is 0.235 e. The zero-order chi connectivity index (χ0) is 14.4. The Morgan fingerprint density at radius 3 is 2.85 bits per heavy atom. The van der Waals surface area contributed by atoms with Crippen LogP contribution in [0.2, 0.25) is 0 Å². The molecule has 1 saturated heterocycles. The molecule has 1 unspecified atom stereocenters. The van der Waals surface area contributed by atoms with Crippen LogP contribution in [0.25, 0.3) is 0 Å². The molecule has 0 bridgehead atoms. The number of nitrogens with zero attached hydrogens (tertiary/aromatic N) is 2. The quantitative estimate of drug-likeness (QED) is 0.755. The van der Waals surface area contributed by atoms with Crippen molar-refractivity contribution in [1.82, 2.24) is 10.2 Å². The fraction of sp³-hybridized carbons (Fsp3) is 0.857. The summed E-state index contributed by atoms with van der Waals surface area (Å²) in [6, 6.07) is 2.31. The summed E-state index contributed by atoms with van der Waals surface area (Å²) in [5, 5.41) is 12.3. The van der Waals surface area contributed by atoms with E-state index >= 15 is 0 Å². The highest BCUT2D eigenvalue weighted by atomic mass is 16.5. The van der Waals surface area contributed by atoms with Crippen molar-refractivity contribution >= 4 is 5.91 Å². The first-order chi connectivity index (χ1) is 9.67. The van der Waals surface area contributed by atoms with Crippen LogP contribution in [0.4, 0.5) is 0 Å². The van der Waals surface area contributed by atoms with E-state index in [4.69, 9.17) is 10.5 Å². The van der Waals surface area contributed by atoms with Gasteiger partial charge in [-0.2, -0.15) is 5.26 Å². The van der Waals surface area contributed by atoms with Crippen LogP contribution in [0.1, 0.15) is 32.1 Å². The Kier molecular flexibility index (Phi) is 5.35. The predicted octanol–water partition coefficient (Wildman–Crippen LogP) is -0.0114. The third kappa shape index (κ3) is 3.92. The van der Waals surface area contributed by atoms with Crippen LogP contribution in [0.5, 0.6) is 0 Å². The second-order valence-corrected chi connectivity index (χ2v) is 5.77. The first-order valence-electron chi connectivity index (χ1n) is 7.44. The molecule has 20 heavy (non-hydrogen) atoms. The van der Waals surface area contributed by atoms with E-state index in [1.807, 2.05) is 4.90 Å². The minimum atomic E-state index is -0.644. The molecule has 1 aliphatic carbocycles. The standard InChI is InChI=1S/C14H24N4O2/c15-8-12-9-18(6-7-20-12)10-13(19)17-14(11-16)4-2-1-3-5-14/h12H,1-10,15H2,(H,17,19). The fourth-order valence-electron chi connectivity index (χ4n) is 3.00. The van der Waals surface area contributed by atoms with Crippen molar-refractivity contribution in [2.75, 3.05) is 32.8 Å². The average molecular weight is 280 g/mol. The lowest BCUT2D eigenvalue weighted by Crippen LogP contribution is -2.54. The zero-order valence-electron chi connectivity index (χ0n) is 11.9. The molecular weight excluding hydrogens is 256 g/mol. The highest BCUT2D eigenvalue weighted by molar-refractivity contribution is 5.79. The Morgan fingerprint density at radius 1 is 1.45 bits per heavy atom. The van der Waals surface area contributed by atoms with Gasteiger partial charge in [-0.05, 0) is 12.8 Å². The normalized spacial score (nSPS) is 26.7. The molecule has 112 valence electrons. The van der Waals surface area contributed by atoms with Crippen molar-refractivity contribution in [2.45, 2.75) is 43.7 Å². The summed E-state index contributed by atoms with van der Waals surface area (Å²) >= 11 is 0. The lowest BCUT2D eigenvalue weighted by atomic mass is 9.83. The maximum absolute atomic E-state index is 12.2. The van der Waals surface area contributed by atoms with Crippen molar-refractivity contribution in [2.24, 2.45) is 5.73 Å². The molecule has 2 rings (SSSR count). The van der Waals surface area contributed by atoms with E-state index in [0.717, 1.165) is 38.6 Å². The van der Waals surface area contributed by atoms with E-state index in [9.17, 15) is 10.1 Å². The van der Waals surface area contributed by atoms with Crippen molar-refractivity contribution in [1.29, 1.82) is 5.26 Å². The van der Waals surface area contributed by atoms with Gasteiger partial charge in [0.15, 0.2) is 0 Å². The third-order valence-electron chi connectivity index (χ3n) is 4.15. The van der Waals surface area contributed by atoms with E-state index in [-0.39, 0.29) is 12.0 Å². The summed E-state index contributed by atoms with van der Waals surface area (Å²) in [7, 11) is 0. The molecule has 1 amide bonds. The van der Waals surface area contributed by atoms with Crippen LogP contribution in [0, 0.1) is 11.3 Å². The highest BCUT2D eigenvalue weighted by Crippen LogP contribution is 2.27. The molecule has 0 radical (unpaired) electrons. The minimum Gasteiger partial charge on any atom is -0.374 e. The van der Waals surface area contributed by atoms with Gasteiger partial charge in [0.1, 0.15) is 5.54 Å². The molecule has 0 aromatic rings. The Balaban J connectivity index is 1.83. The SMILES string of the molecule is N#CC1(NC(=O)CN2CCOC(CN)C2)CCCCC1. The van der Waals surface area contributed by atoms with Crippen LogP contribution in [-0.2, 0) is 9.53 Å². The largest absolute Gasteiger partial charge is 0.374 e. The summed E-state index contributed by atoms with van der Waals surface area (Å²) in [5.41, 5.74) is 4.95. The highest BCUT2D eigenvalue weighted by Gasteiger charge is 2.34. The lowest BCUT2D eigenvalue weighted by molar-refractivity contribution is -0.125. The van der Waals surface area contributed by atoms with Gasteiger partial charge in [0.2, 0.25) is 5.91 Å². The number of nitriles is 1. The smallest absolute Gasteiger partial charge is 0.235 e. The molecule has 6 nitrogen and oxygen atoms in total. The number of hydrogen-bond donors (Lipinski definition) is 2. The summed E-state index contributed by atoms with van der Waals surface area (Å²) in [5.74, 6) is -0.0638. The second kappa shape index (κ2) is 7.02. The topological polar surface area (TPSA) is 91.4 Å². The average Bonchev–Trinajstić information content (AvgIpc) is 2.48. The van der Waals surface area contributed by atoms with Crippen molar-refractivity contribution in [3.05, 3.63) is 0 Å². The molecule has 1 atom stereocenters. The van der Waals surface area contributed by atoms with Crippen LogP contribution in [0.3, 0.4) is 0 Å². The molecule has 1 heterocycles. The number of nitrogens with one attached hydrogen (secondary N) is 1. The summed E-state index contributed by atoms with van der Waals surface area (Å²) in [4.78, 5) is 14.2. The monoisotopic (exact) mass is 280 g/mol. The maximum atomic E-state index is 12.2. The number of nitrogens with two attached hydrogens (primary N) is 1. The van der Waals surface area contributed by atoms with Gasteiger partial charge in [-0.15, -0.1) is 0 Å². The Morgan fingerprint density at radius 2 is 2.20 bits per heavy atom. The number of amides is 1. The van der Waals surface area contributed by atoms with E-state index in [1.54, 1.807) is 0 Å². The number of carbonyl (C=O) groups is 1. The number of carbonyl (C=O) groups excluding carboxylic acids is 1. The van der Waals surface area contributed by atoms with Gasteiger partial charge >= 0.3 is 0 Å². The summed E-state index contributed by atoms with van der Waals surface area (Å²) < 4.78 is 5.48. The molecule has 0 aromatic carbocycles. The van der Waals surface area contributed by atoms with E-state index in [2.05, 4.69) is 11.4 Å². The molecular formula is C14H24N4O2. The molecule has 0 aromatic heterocycles. The number of rotatable bonds is 4. The van der Waals surface area contributed by atoms with Gasteiger partial charge in [-0.25, -0.2) is 0 Å². The van der Waals surface area contributed by atoms with Gasteiger partial charge in [0, 0.05) is 19.6 Å². The Hall–Kier alpha value is -1.16. The van der Waals surface area contributed by atoms with E-state index in [0.29, 0.717) is 26.2 Å².